The maximum Gasteiger partial charge on any atom is 0.130 e. The Morgan fingerprint density at radius 1 is 1.12 bits per heavy atom. The van der Waals surface area contributed by atoms with Gasteiger partial charge in [-0.15, -0.1) is 19.7 Å². The van der Waals surface area contributed by atoms with Crippen molar-refractivity contribution in [3.05, 3.63) is 55.6 Å². The Kier molecular flexibility index (Phi) is 14.7. The molecule has 1 aliphatic heterocycles. The molecule has 0 aliphatic carbocycles. The first kappa shape index (κ1) is 24.4. The smallest absolute Gasteiger partial charge is 0.130 e. The lowest BCUT2D eigenvalue weighted by atomic mass is 10.0. The van der Waals surface area contributed by atoms with Gasteiger partial charge in [-0.2, -0.15) is 0 Å². The fourth-order valence-electron chi connectivity index (χ4n) is 2.97. The predicted octanol–water partition coefficient (Wildman–Crippen LogP) is 5.68. The minimum Gasteiger partial charge on any atom is -0.487 e. The number of hydrogen-bond acceptors (Lipinski definition) is 2. The van der Waals surface area contributed by atoms with E-state index in [9.17, 15) is 0 Å². The Labute approximate surface area is 160 Å². The number of unbranched alkanes of at least 4 members (excludes halogenated alkanes) is 6. The van der Waals surface area contributed by atoms with Crippen molar-refractivity contribution in [2.24, 2.45) is 0 Å². The van der Waals surface area contributed by atoms with E-state index in [1.165, 1.54) is 50.5 Å². The van der Waals surface area contributed by atoms with Crippen molar-refractivity contribution in [1.29, 1.82) is 0 Å². The van der Waals surface area contributed by atoms with Crippen molar-refractivity contribution in [3.63, 3.8) is 0 Å². The van der Waals surface area contributed by atoms with E-state index in [0.29, 0.717) is 0 Å². The van der Waals surface area contributed by atoms with Crippen LogP contribution in [0, 0.1) is 0 Å². The highest BCUT2D eigenvalue weighted by Gasteiger charge is 2.33. The molecule has 3 nitrogen and oxygen atoms in total. The van der Waals surface area contributed by atoms with Crippen LogP contribution in [0.4, 0.5) is 0 Å². The number of para-hydroxylation sites is 1. The van der Waals surface area contributed by atoms with Crippen LogP contribution in [-0.4, -0.2) is 24.3 Å². The number of ether oxygens (including phenoxy) is 2. The summed E-state index contributed by atoms with van der Waals surface area (Å²) in [5.41, 5.74) is 1.33. The molecule has 1 aromatic carbocycles. The third kappa shape index (κ3) is 9.79. The SMILES string of the molecule is C=C.C=CCC(Oc1ccccc1CCCCCCCCC)C1CO1.O. The van der Waals surface area contributed by atoms with Crippen LogP contribution in [0.1, 0.15) is 63.9 Å². The van der Waals surface area contributed by atoms with Gasteiger partial charge < -0.3 is 14.9 Å². The van der Waals surface area contributed by atoms with Gasteiger partial charge in [0, 0.05) is 6.42 Å². The average Bonchev–Trinajstić information content (AvgIpc) is 3.49. The second kappa shape index (κ2) is 15.7. The third-order valence-electron chi connectivity index (χ3n) is 4.47. The maximum absolute atomic E-state index is 6.22. The number of rotatable bonds is 13. The molecule has 0 spiro atoms. The summed E-state index contributed by atoms with van der Waals surface area (Å²) in [6.07, 6.45) is 13.6. The van der Waals surface area contributed by atoms with Gasteiger partial charge in [-0.25, -0.2) is 0 Å². The normalized spacial score (nSPS) is 15.8. The fraction of sp³-hybridized carbons (Fsp3) is 0.565. The third-order valence-corrected chi connectivity index (χ3v) is 4.47. The van der Waals surface area contributed by atoms with Gasteiger partial charge >= 0.3 is 0 Å². The Balaban J connectivity index is 0.00000201. The summed E-state index contributed by atoms with van der Waals surface area (Å²) in [5.74, 6) is 1.03. The first-order valence-electron chi connectivity index (χ1n) is 9.82. The molecule has 2 N–H and O–H groups in total. The fourth-order valence-corrected chi connectivity index (χ4v) is 2.97. The molecule has 3 heteroatoms. The molecule has 26 heavy (non-hydrogen) atoms. The van der Waals surface area contributed by atoms with Crippen LogP contribution in [0.5, 0.6) is 5.75 Å². The van der Waals surface area contributed by atoms with Crippen LogP contribution in [0.25, 0.3) is 0 Å². The Morgan fingerprint density at radius 3 is 2.35 bits per heavy atom. The lowest BCUT2D eigenvalue weighted by molar-refractivity contribution is 0.160. The molecule has 1 aliphatic rings. The second-order valence-corrected chi connectivity index (χ2v) is 6.53. The summed E-state index contributed by atoms with van der Waals surface area (Å²) in [4.78, 5) is 0. The van der Waals surface area contributed by atoms with Gasteiger partial charge in [0.05, 0.1) is 6.61 Å². The topological polar surface area (TPSA) is 53.3 Å². The standard InChI is InChI=1S/C21H32O2.C2H4.H2O/c1-3-5-6-7-8-9-10-14-18-15-11-12-16-19(18)23-20(13-4-2)21-17-22-21;1-2;/h4,11-12,15-16,20-21H,2-3,5-10,13-14,17H2,1H3;1-2H2;1H2. The van der Waals surface area contributed by atoms with Crippen LogP contribution in [-0.2, 0) is 11.2 Å². The van der Waals surface area contributed by atoms with Gasteiger partial charge in [-0.05, 0) is 24.5 Å². The van der Waals surface area contributed by atoms with Crippen LogP contribution in [0.3, 0.4) is 0 Å². The zero-order valence-corrected chi connectivity index (χ0v) is 16.6. The minimum atomic E-state index is 0. The first-order chi connectivity index (χ1) is 12.3. The number of epoxide rings is 1. The summed E-state index contributed by atoms with van der Waals surface area (Å²) in [6.45, 7) is 12.9. The van der Waals surface area contributed by atoms with E-state index in [-0.39, 0.29) is 17.7 Å². The van der Waals surface area contributed by atoms with Crippen molar-refractivity contribution in [2.45, 2.75) is 76.9 Å². The van der Waals surface area contributed by atoms with Gasteiger partial charge in [-0.3, -0.25) is 0 Å². The molecule has 0 aromatic heterocycles. The Hall–Kier alpha value is -1.58. The molecule has 2 atom stereocenters. The summed E-state index contributed by atoms with van der Waals surface area (Å²) in [5, 5.41) is 0. The molecule has 1 heterocycles. The maximum atomic E-state index is 6.22. The van der Waals surface area contributed by atoms with E-state index in [1.807, 2.05) is 6.08 Å². The van der Waals surface area contributed by atoms with E-state index in [0.717, 1.165) is 25.2 Å². The van der Waals surface area contributed by atoms with Crippen LogP contribution in [0.15, 0.2) is 50.1 Å². The largest absolute Gasteiger partial charge is 0.487 e. The molecule has 2 unspecified atom stereocenters. The van der Waals surface area contributed by atoms with Crippen molar-refractivity contribution in [2.75, 3.05) is 6.61 Å². The zero-order chi connectivity index (χ0) is 18.3. The van der Waals surface area contributed by atoms with E-state index in [2.05, 4.69) is 50.9 Å². The van der Waals surface area contributed by atoms with E-state index in [4.69, 9.17) is 9.47 Å². The molecule has 0 saturated carbocycles. The summed E-state index contributed by atoms with van der Waals surface area (Å²) in [6, 6.07) is 8.46. The highest BCUT2D eigenvalue weighted by atomic mass is 16.6. The number of aryl methyl sites for hydroxylation is 1. The van der Waals surface area contributed by atoms with Gasteiger partial charge in [0.2, 0.25) is 0 Å². The molecular formula is C23H38O3. The highest BCUT2D eigenvalue weighted by Crippen LogP contribution is 2.27. The van der Waals surface area contributed by atoms with Crippen molar-refractivity contribution in [3.8, 4) is 5.75 Å². The van der Waals surface area contributed by atoms with Gasteiger partial charge in [0.15, 0.2) is 0 Å². The van der Waals surface area contributed by atoms with Crippen molar-refractivity contribution in [1.82, 2.24) is 0 Å². The Morgan fingerprint density at radius 2 is 1.73 bits per heavy atom. The van der Waals surface area contributed by atoms with Gasteiger partial charge in [0.1, 0.15) is 18.0 Å². The molecule has 0 amide bonds. The Bertz CT molecular complexity index is 468. The molecule has 1 aromatic rings. The second-order valence-electron chi connectivity index (χ2n) is 6.53. The monoisotopic (exact) mass is 362 g/mol. The van der Waals surface area contributed by atoms with E-state index < -0.39 is 0 Å². The molecule has 1 saturated heterocycles. The summed E-state index contributed by atoms with van der Waals surface area (Å²) >= 11 is 0. The van der Waals surface area contributed by atoms with E-state index in [1.54, 1.807) is 0 Å². The molecule has 1 fully saturated rings. The van der Waals surface area contributed by atoms with E-state index >= 15 is 0 Å². The number of benzene rings is 1. The molecule has 2 rings (SSSR count). The van der Waals surface area contributed by atoms with Gasteiger partial charge in [0.25, 0.3) is 0 Å². The average molecular weight is 363 g/mol. The number of hydrogen-bond donors (Lipinski definition) is 0. The molecule has 0 bridgehead atoms. The minimum absolute atomic E-state index is 0. The van der Waals surface area contributed by atoms with Crippen molar-refractivity contribution >= 4 is 0 Å². The highest BCUT2D eigenvalue weighted by molar-refractivity contribution is 5.33. The molecular weight excluding hydrogens is 324 g/mol. The molecule has 0 radical (unpaired) electrons. The van der Waals surface area contributed by atoms with Crippen LogP contribution < -0.4 is 4.74 Å². The molecule has 148 valence electrons. The summed E-state index contributed by atoms with van der Waals surface area (Å²) < 4.78 is 11.6. The van der Waals surface area contributed by atoms with Crippen molar-refractivity contribution < 1.29 is 14.9 Å². The lowest BCUT2D eigenvalue weighted by Gasteiger charge is -2.18. The predicted molar refractivity (Wildman–Crippen MR) is 112 cm³/mol. The first-order valence-corrected chi connectivity index (χ1v) is 9.82. The zero-order valence-electron chi connectivity index (χ0n) is 16.6. The van der Waals surface area contributed by atoms with Crippen LogP contribution in [0.2, 0.25) is 0 Å². The van der Waals surface area contributed by atoms with Gasteiger partial charge in [-0.1, -0.05) is 69.7 Å². The summed E-state index contributed by atoms with van der Waals surface area (Å²) in [7, 11) is 0. The lowest BCUT2D eigenvalue weighted by Crippen LogP contribution is -2.23. The quantitative estimate of drug-likeness (QED) is 0.257. The van der Waals surface area contributed by atoms with Crippen LogP contribution >= 0.6 is 0 Å².